The fourth-order valence-electron chi connectivity index (χ4n) is 3.66. The summed E-state index contributed by atoms with van der Waals surface area (Å²) >= 11 is 1.37. The van der Waals surface area contributed by atoms with Gasteiger partial charge in [-0.05, 0) is 43.0 Å². The highest BCUT2D eigenvalue weighted by Crippen LogP contribution is 2.40. The molecule has 0 saturated heterocycles. The maximum absolute atomic E-state index is 12.9. The molecule has 170 valence electrons. The van der Waals surface area contributed by atoms with Crippen LogP contribution in [0.5, 0.6) is 0 Å². The number of aromatic nitrogens is 5. The van der Waals surface area contributed by atoms with Crippen molar-refractivity contribution in [2.75, 3.05) is 11.1 Å². The van der Waals surface area contributed by atoms with Crippen LogP contribution in [0.25, 0.3) is 17.3 Å². The van der Waals surface area contributed by atoms with E-state index in [1.807, 2.05) is 57.8 Å². The Bertz CT molecular complexity index is 1230. The predicted octanol–water partition coefficient (Wildman–Crippen LogP) is 4.99. The molecular weight excluding hydrogens is 436 g/mol. The molecule has 0 aliphatic heterocycles. The summed E-state index contributed by atoms with van der Waals surface area (Å²) in [4.78, 5) is 12.9. The molecule has 3 aromatic heterocycles. The summed E-state index contributed by atoms with van der Waals surface area (Å²) in [6.45, 7) is 5.00. The smallest absolute Gasteiger partial charge is 0.236 e. The number of hydrogen-bond donors (Lipinski definition) is 1. The number of hydrogen-bond acceptors (Lipinski definition) is 6. The molecule has 1 fully saturated rings. The molecule has 0 bridgehead atoms. The number of rotatable bonds is 9. The molecule has 8 nitrogen and oxygen atoms in total. The van der Waals surface area contributed by atoms with Crippen molar-refractivity contribution in [2.24, 2.45) is 5.92 Å². The van der Waals surface area contributed by atoms with Crippen LogP contribution in [0.3, 0.4) is 0 Å². The lowest BCUT2D eigenvalue weighted by Gasteiger charge is -2.12. The van der Waals surface area contributed by atoms with Gasteiger partial charge in [-0.25, -0.2) is 4.68 Å². The Labute approximate surface area is 196 Å². The van der Waals surface area contributed by atoms with E-state index in [-0.39, 0.29) is 11.7 Å². The number of carbonyl (C=O) groups is 1. The molecule has 9 heteroatoms. The van der Waals surface area contributed by atoms with Crippen molar-refractivity contribution in [1.29, 1.82) is 0 Å². The van der Waals surface area contributed by atoms with Crippen molar-refractivity contribution in [3.63, 3.8) is 0 Å². The van der Waals surface area contributed by atoms with Crippen LogP contribution in [0.15, 0.2) is 64.4 Å². The number of anilines is 1. The summed E-state index contributed by atoms with van der Waals surface area (Å²) in [5.41, 5.74) is 1.95. The molecule has 0 atom stereocenters. The Morgan fingerprint density at radius 3 is 2.70 bits per heavy atom. The molecule has 1 aromatic carbocycles. The molecule has 1 aliphatic rings. The van der Waals surface area contributed by atoms with Crippen LogP contribution in [-0.2, 0) is 11.3 Å². The second kappa shape index (κ2) is 9.27. The normalized spacial score (nSPS) is 13.5. The SMILES string of the molecule is CC(C)Cn1c(SCC(=O)Nc2cc(C3CC3)nn2-c2ccccc2)nnc1-c1ccco1. The summed E-state index contributed by atoms with van der Waals surface area (Å²) in [5, 5.41) is 17.1. The molecule has 4 aromatic rings. The quantitative estimate of drug-likeness (QED) is 0.353. The van der Waals surface area contributed by atoms with Crippen LogP contribution >= 0.6 is 11.8 Å². The standard InChI is InChI=1S/C24H26N6O2S/c1-16(2)14-29-23(20-9-6-12-32-20)26-27-24(29)33-15-22(31)25-21-13-19(17-10-11-17)28-30(21)18-7-4-3-5-8-18/h3-9,12-13,16-17H,10-11,14-15H2,1-2H3,(H,25,31). The Hall–Kier alpha value is -3.33. The Morgan fingerprint density at radius 1 is 1.18 bits per heavy atom. The van der Waals surface area contributed by atoms with Gasteiger partial charge in [-0.3, -0.25) is 9.36 Å². The van der Waals surface area contributed by atoms with Crippen LogP contribution in [0.1, 0.15) is 38.3 Å². The third kappa shape index (κ3) is 4.88. The van der Waals surface area contributed by atoms with E-state index in [9.17, 15) is 4.79 Å². The van der Waals surface area contributed by atoms with Crippen LogP contribution in [0.4, 0.5) is 5.82 Å². The van der Waals surface area contributed by atoms with Gasteiger partial charge < -0.3 is 9.73 Å². The summed E-state index contributed by atoms with van der Waals surface area (Å²) in [7, 11) is 0. The number of furan rings is 1. The largest absolute Gasteiger partial charge is 0.461 e. The van der Waals surface area contributed by atoms with E-state index in [0.29, 0.717) is 34.4 Å². The van der Waals surface area contributed by atoms with Gasteiger partial charge in [-0.1, -0.05) is 43.8 Å². The van der Waals surface area contributed by atoms with Gasteiger partial charge in [0.25, 0.3) is 0 Å². The fourth-order valence-corrected chi connectivity index (χ4v) is 4.40. The van der Waals surface area contributed by atoms with Gasteiger partial charge in [0.05, 0.1) is 23.4 Å². The van der Waals surface area contributed by atoms with Gasteiger partial charge in [0.1, 0.15) is 5.82 Å². The van der Waals surface area contributed by atoms with E-state index in [1.54, 1.807) is 6.26 Å². The highest BCUT2D eigenvalue weighted by Gasteiger charge is 2.28. The number of benzene rings is 1. The summed E-state index contributed by atoms with van der Waals surface area (Å²) < 4.78 is 9.35. The minimum Gasteiger partial charge on any atom is -0.461 e. The van der Waals surface area contributed by atoms with E-state index < -0.39 is 0 Å². The molecule has 5 rings (SSSR count). The van der Waals surface area contributed by atoms with Crippen molar-refractivity contribution >= 4 is 23.5 Å². The second-order valence-corrected chi connectivity index (χ2v) is 9.54. The molecule has 1 saturated carbocycles. The summed E-state index contributed by atoms with van der Waals surface area (Å²) in [6.07, 6.45) is 3.92. The molecular formula is C24H26N6O2S. The number of carbonyl (C=O) groups excluding carboxylic acids is 1. The Kier molecular flexibility index (Phi) is 6.04. The number of para-hydroxylation sites is 1. The molecule has 0 radical (unpaired) electrons. The van der Waals surface area contributed by atoms with Crippen molar-refractivity contribution in [1.82, 2.24) is 24.5 Å². The molecule has 1 aliphatic carbocycles. The van der Waals surface area contributed by atoms with Gasteiger partial charge in [0, 0.05) is 18.5 Å². The highest BCUT2D eigenvalue weighted by molar-refractivity contribution is 7.99. The van der Waals surface area contributed by atoms with Crippen molar-refractivity contribution in [3.05, 3.63) is 60.5 Å². The molecule has 3 heterocycles. The van der Waals surface area contributed by atoms with Crippen LogP contribution in [0, 0.1) is 5.92 Å². The Morgan fingerprint density at radius 2 is 2.00 bits per heavy atom. The average molecular weight is 463 g/mol. The second-order valence-electron chi connectivity index (χ2n) is 8.60. The zero-order valence-electron chi connectivity index (χ0n) is 18.6. The maximum atomic E-state index is 12.9. The number of nitrogens with one attached hydrogen (secondary N) is 1. The lowest BCUT2D eigenvalue weighted by atomic mass is 10.2. The summed E-state index contributed by atoms with van der Waals surface area (Å²) in [5.74, 6) is 3.02. The molecule has 1 amide bonds. The number of nitrogens with zero attached hydrogens (tertiary/aromatic N) is 5. The van der Waals surface area contributed by atoms with Crippen LogP contribution in [-0.4, -0.2) is 36.2 Å². The first-order chi connectivity index (χ1) is 16.1. The average Bonchev–Trinajstić information content (AvgIpc) is 3.18. The van der Waals surface area contributed by atoms with Gasteiger partial charge in [0.2, 0.25) is 5.91 Å². The minimum absolute atomic E-state index is 0.113. The zero-order valence-corrected chi connectivity index (χ0v) is 19.5. The fraction of sp³-hybridized carbons (Fsp3) is 0.333. The summed E-state index contributed by atoms with van der Waals surface area (Å²) in [6, 6.07) is 15.6. The van der Waals surface area contributed by atoms with Gasteiger partial charge in [-0.15, -0.1) is 10.2 Å². The van der Waals surface area contributed by atoms with E-state index >= 15 is 0 Å². The predicted molar refractivity (Wildman–Crippen MR) is 127 cm³/mol. The molecule has 0 unspecified atom stereocenters. The van der Waals surface area contributed by atoms with E-state index in [4.69, 9.17) is 9.52 Å². The van der Waals surface area contributed by atoms with Gasteiger partial charge in [0.15, 0.2) is 16.7 Å². The molecule has 33 heavy (non-hydrogen) atoms. The zero-order chi connectivity index (χ0) is 22.8. The first-order valence-corrected chi connectivity index (χ1v) is 12.1. The van der Waals surface area contributed by atoms with Gasteiger partial charge in [-0.2, -0.15) is 5.10 Å². The first kappa shape index (κ1) is 21.5. The van der Waals surface area contributed by atoms with Crippen molar-refractivity contribution < 1.29 is 9.21 Å². The van der Waals surface area contributed by atoms with Crippen LogP contribution < -0.4 is 5.32 Å². The van der Waals surface area contributed by atoms with Crippen molar-refractivity contribution in [3.8, 4) is 17.3 Å². The molecule has 1 N–H and O–H groups in total. The number of amides is 1. The maximum Gasteiger partial charge on any atom is 0.236 e. The third-order valence-electron chi connectivity index (χ3n) is 5.33. The van der Waals surface area contributed by atoms with E-state index in [0.717, 1.165) is 30.8 Å². The topological polar surface area (TPSA) is 90.8 Å². The van der Waals surface area contributed by atoms with Crippen LogP contribution in [0.2, 0.25) is 0 Å². The monoisotopic (exact) mass is 462 g/mol. The lowest BCUT2D eigenvalue weighted by Crippen LogP contribution is -2.17. The third-order valence-corrected chi connectivity index (χ3v) is 6.30. The van der Waals surface area contributed by atoms with Gasteiger partial charge >= 0.3 is 0 Å². The van der Waals surface area contributed by atoms with Crippen molar-refractivity contribution in [2.45, 2.75) is 44.3 Å². The minimum atomic E-state index is -0.113. The number of thioether (sulfide) groups is 1. The first-order valence-electron chi connectivity index (χ1n) is 11.1. The van der Waals surface area contributed by atoms with E-state index in [2.05, 4.69) is 29.4 Å². The molecule has 0 spiro atoms. The Balaban J connectivity index is 1.32. The highest BCUT2D eigenvalue weighted by atomic mass is 32.2. The lowest BCUT2D eigenvalue weighted by molar-refractivity contribution is -0.113. The van der Waals surface area contributed by atoms with E-state index in [1.165, 1.54) is 11.8 Å².